The maximum absolute atomic E-state index is 5.28. The summed E-state index contributed by atoms with van der Waals surface area (Å²) in [6.45, 7) is 6.27. The normalized spacial score (nSPS) is 12.7. The standard InChI is InChI=1S/C19H23N3O/c1-4-22(13-15-8-6-5-7-9-15)14(2)19-20-17-11-10-16(23-3)12-18(17)21-19/h5-12,14H,4,13H2,1-3H3,(H,20,21). The highest BCUT2D eigenvalue weighted by Gasteiger charge is 2.18. The predicted octanol–water partition coefficient (Wildman–Crippen LogP) is 4.15. The number of nitrogens with zero attached hydrogens (tertiary/aromatic N) is 2. The SMILES string of the molecule is CCN(Cc1ccccc1)C(C)c1nc2ccc(OC)cc2[nH]1. The van der Waals surface area contributed by atoms with Gasteiger partial charge in [-0.25, -0.2) is 4.98 Å². The van der Waals surface area contributed by atoms with Crippen molar-refractivity contribution < 1.29 is 4.74 Å². The molecule has 0 bridgehead atoms. The maximum atomic E-state index is 5.28. The first kappa shape index (κ1) is 15.6. The van der Waals surface area contributed by atoms with Crippen molar-refractivity contribution in [2.75, 3.05) is 13.7 Å². The van der Waals surface area contributed by atoms with Gasteiger partial charge in [0, 0.05) is 12.6 Å². The molecule has 3 rings (SSSR count). The van der Waals surface area contributed by atoms with Crippen LogP contribution in [0.25, 0.3) is 11.0 Å². The van der Waals surface area contributed by atoms with E-state index in [0.29, 0.717) is 0 Å². The van der Waals surface area contributed by atoms with Gasteiger partial charge in [0.25, 0.3) is 0 Å². The van der Waals surface area contributed by atoms with Gasteiger partial charge in [0.2, 0.25) is 0 Å². The topological polar surface area (TPSA) is 41.2 Å². The molecule has 3 aromatic rings. The average Bonchev–Trinajstić information content (AvgIpc) is 3.03. The second-order valence-corrected chi connectivity index (χ2v) is 5.73. The zero-order chi connectivity index (χ0) is 16.2. The molecule has 1 N–H and O–H groups in total. The molecule has 2 aromatic carbocycles. The van der Waals surface area contributed by atoms with Crippen molar-refractivity contribution >= 4 is 11.0 Å². The van der Waals surface area contributed by atoms with Crippen LogP contribution < -0.4 is 4.74 Å². The second kappa shape index (κ2) is 6.84. The van der Waals surface area contributed by atoms with Gasteiger partial charge < -0.3 is 9.72 Å². The number of nitrogens with one attached hydrogen (secondary N) is 1. The van der Waals surface area contributed by atoms with Crippen molar-refractivity contribution in [3.63, 3.8) is 0 Å². The highest BCUT2D eigenvalue weighted by Crippen LogP contribution is 2.24. The first-order valence-electron chi connectivity index (χ1n) is 8.03. The third-order valence-corrected chi connectivity index (χ3v) is 4.29. The third kappa shape index (κ3) is 3.37. The van der Waals surface area contributed by atoms with E-state index >= 15 is 0 Å². The fourth-order valence-corrected chi connectivity index (χ4v) is 2.85. The lowest BCUT2D eigenvalue weighted by atomic mass is 10.2. The Balaban J connectivity index is 1.84. The number of hydrogen-bond donors (Lipinski definition) is 1. The van der Waals surface area contributed by atoms with E-state index in [1.54, 1.807) is 7.11 Å². The minimum absolute atomic E-state index is 0.221. The van der Waals surface area contributed by atoms with Crippen molar-refractivity contribution in [2.45, 2.75) is 26.4 Å². The smallest absolute Gasteiger partial charge is 0.124 e. The van der Waals surface area contributed by atoms with E-state index < -0.39 is 0 Å². The molecular weight excluding hydrogens is 286 g/mol. The molecular formula is C19H23N3O. The highest BCUT2D eigenvalue weighted by atomic mass is 16.5. The lowest BCUT2D eigenvalue weighted by molar-refractivity contribution is 0.206. The zero-order valence-corrected chi connectivity index (χ0v) is 13.9. The van der Waals surface area contributed by atoms with Gasteiger partial charge in [-0.05, 0) is 31.2 Å². The Morgan fingerprint density at radius 3 is 2.65 bits per heavy atom. The maximum Gasteiger partial charge on any atom is 0.124 e. The van der Waals surface area contributed by atoms with Crippen LogP contribution in [0.1, 0.15) is 31.3 Å². The highest BCUT2D eigenvalue weighted by molar-refractivity contribution is 5.76. The Labute approximate surface area is 137 Å². The summed E-state index contributed by atoms with van der Waals surface area (Å²) in [7, 11) is 1.68. The summed E-state index contributed by atoms with van der Waals surface area (Å²) in [5.74, 6) is 1.84. The molecule has 120 valence electrons. The summed E-state index contributed by atoms with van der Waals surface area (Å²) in [5.41, 5.74) is 3.31. The van der Waals surface area contributed by atoms with Crippen LogP contribution in [0.15, 0.2) is 48.5 Å². The number of hydrogen-bond acceptors (Lipinski definition) is 3. The van der Waals surface area contributed by atoms with Crippen molar-refractivity contribution in [2.24, 2.45) is 0 Å². The molecule has 0 aliphatic rings. The fraction of sp³-hybridized carbons (Fsp3) is 0.316. The number of ether oxygens (including phenoxy) is 1. The third-order valence-electron chi connectivity index (χ3n) is 4.29. The summed E-state index contributed by atoms with van der Waals surface area (Å²) in [6.07, 6.45) is 0. The van der Waals surface area contributed by atoms with E-state index in [0.717, 1.165) is 35.7 Å². The number of fused-ring (bicyclic) bond motifs is 1. The lowest BCUT2D eigenvalue weighted by Gasteiger charge is -2.26. The first-order chi connectivity index (χ1) is 11.2. The Bertz CT molecular complexity index is 767. The molecule has 23 heavy (non-hydrogen) atoms. The molecule has 0 aliphatic carbocycles. The molecule has 1 aromatic heterocycles. The largest absolute Gasteiger partial charge is 0.497 e. The second-order valence-electron chi connectivity index (χ2n) is 5.73. The molecule has 0 saturated heterocycles. The molecule has 0 amide bonds. The Hall–Kier alpha value is -2.33. The van der Waals surface area contributed by atoms with Gasteiger partial charge in [-0.1, -0.05) is 37.3 Å². The molecule has 4 nitrogen and oxygen atoms in total. The van der Waals surface area contributed by atoms with Gasteiger partial charge in [0.15, 0.2) is 0 Å². The van der Waals surface area contributed by atoms with Crippen LogP contribution in [0, 0.1) is 0 Å². The van der Waals surface area contributed by atoms with Crippen LogP contribution >= 0.6 is 0 Å². The van der Waals surface area contributed by atoms with E-state index in [1.807, 2.05) is 18.2 Å². The molecule has 0 fully saturated rings. The summed E-state index contributed by atoms with van der Waals surface area (Å²) < 4.78 is 5.28. The van der Waals surface area contributed by atoms with Crippen LogP contribution in [-0.2, 0) is 6.54 Å². The zero-order valence-electron chi connectivity index (χ0n) is 13.9. The average molecular weight is 309 g/mol. The molecule has 0 radical (unpaired) electrons. The number of methoxy groups -OCH3 is 1. The van der Waals surface area contributed by atoms with E-state index in [2.05, 4.69) is 54.1 Å². The van der Waals surface area contributed by atoms with E-state index in [-0.39, 0.29) is 6.04 Å². The van der Waals surface area contributed by atoms with E-state index in [4.69, 9.17) is 9.72 Å². The minimum atomic E-state index is 0.221. The monoisotopic (exact) mass is 309 g/mol. The molecule has 1 unspecified atom stereocenters. The number of imidazole rings is 1. The molecule has 1 heterocycles. The predicted molar refractivity (Wildman–Crippen MR) is 93.6 cm³/mol. The Morgan fingerprint density at radius 2 is 1.96 bits per heavy atom. The van der Waals surface area contributed by atoms with Crippen LogP contribution in [0.3, 0.4) is 0 Å². The molecule has 4 heteroatoms. The van der Waals surface area contributed by atoms with Gasteiger partial charge >= 0.3 is 0 Å². The van der Waals surface area contributed by atoms with E-state index in [9.17, 15) is 0 Å². The van der Waals surface area contributed by atoms with Crippen molar-refractivity contribution in [3.8, 4) is 5.75 Å². The summed E-state index contributed by atoms with van der Waals surface area (Å²) in [6, 6.07) is 16.7. The number of aromatic nitrogens is 2. The summed E-state index contributed by atoms with van der Waals surface area (Å²) in [5, 5.41) is 0. The number of H-pyrrole nitrogens is 1. The molecule has 0 spiro atoms. The van der Waals surface area contributed by atoms with Gasteiger partial charge in [0.05, 0.1) is 24.2 Å². The van der Waals surface area contributed by atoms with Crippen LogP contribution in [0.2, 0.25) is 0 Å². The van der Waals surface area contributed by atoms with Gasteiger partial charge in [-0.15, -0.1) is 0 Å². The quantitative estimate of drug-likeness (QED) is 0.743. The molecule has 0 saturated carbocycles. The number of aromatic amines is 1. The Morgan fingerprint density at radius 1 is 1.17 bits per heavy atom. The number of benzene rings is 2. The van der Waals surface area contributed by atoms with E-state index in [1.165, 1.54) is 5.56 Å². The van der Waals surface area contributed by atoms with Crippen LogP contribution in [-0.4, -0.2) is 28.5 Å². The minimum Gasteiger partial charge on any atom is -0.497 e. The lowest BCUT2D eigenvalue weighted by Crippen LogP contribution is -2.27. The fourth-order valence-electron chi connectivity index (χ4n) is 2.85. The van der Waals surface area contributed by atoms with Gasteiger partial charge in [0.1, 0.15) is 11.6 Å². The van der Waals surface area contributed by atoms with Gasteiger partial charge in [-0.3, -0.25) is 4.90 Å². The number of rotatable bonds is 6. The van der Waals surface area contributed by atoms with Gasteiger partial charge in [-0.2, -0.15) is 0 Å². The summed E-state index contributed by atoms with van der Waals surface area (Å²) in [4.78, 5) is 10.6. The Kier molecular flexibility index (Phi) is 4.63. The first-order valence-corrected chi connectivity index (χ1v) is 8.03. The van der Waals surface area contributed by atoms with Crippen LogP contribution in [0.4, 0.5) is 0 Å². The van der Waals surface area contributed by atoms with Crippen molar-refractivity contribution in [1.82, 2.24) is 14.9 Å². The van der Waals surface area contributed by atoms with Crippen molar-refractivity contribution in [3.05, 3.63) is 59.9 Å². The van der Waals surface area contributed by atoms with Crippen molar-refractivity contribution in [1.29, 1.82) is 0 Å². The van der Waals surface area contributed by atoms with Crippen LogP contribution in [0.5, 0.6) is 5.75 Å². The molecule has 0 aliphatic heterocycles. The molecule has 1 atom stereocenters. The summed E-state index contributed by atoms with van der Waals surface area (Å²) >= 11 is 0.